The summed E-state index contributed by atoms with van der Waals surface area (Å²) in [5.41, 5.74) is -1.20. The topological polar surface area (TPSA) is 51.2 Å². The minimum absolute atomic E-state index is 0.0407. The number of phenols is 1. The van der Waals surface area contributed by atoms with E-state index in [0.717, 1.165) is 22.9 Å². The molecule has 0 fully saturated rings. The van der Waals surface area contributed by atoms with Gasteiger partial charge in [0.2, 0.25) is 0 Å². The molecule has 0 saturated heterocycles. The number of halogens is 6. The molecule has 0 radical (unpaired) electrons. The molecule has 30 heavy (non-hydrogen) atoms. The van der Waals surface area contributed by atoms with E-state index in [1.165, 1.54) is 37.4 Å². The van der Waals surface area contributed by atoms with Gasteiger partial charge in [-0.2, -0.15) is 31.4 Å². The van der Waals surface area contributed by atoms with E-state index < -0.39 is 23.6 Å². The molecule has 0 aliphatic rings. The Labute approximate surface area is 165 Å². The number of phenolic OH excluding ortho intramolecular Hbond substituents is 1. The van der Waals surface area contributed by atoms with Gasteiger partial charge < -0.3 is 9.52 Å². The highest BCUT2D eigenvalue weighted by Gasteiger charge is 2.35. The molecule has 0 spiro atoms. The molecule has 2 heterocycles. The number of aromatic hydroxyl groups is 1. The van der Waals surface area contributed by atoms with Crippen LogP contribution in [0.4, 0.5) is 26.3 Å². The Hall–Kier alpha value is -3.43. The van der Waals surface area contributed by atoms with Gasteiger partial charge in [-0.05, 0) is 36.4 Å². The minimum Gasteiger partial charge on any atom is -0.506 e. The van der Waals surface area contributed by atoms with Crippen LogP contribution in [0.3, 0.4) is 0 Å². The van der Waals surface area contributed by atoms with Crippen LogP contribution in [0.15, 0.2) is 52.9 Å². The number of nitrogens with zero attached hydrogens (tertiary/aromatic N) is 2. The highest BCUT2D eigenvalue weighted by Crippen LogP contribution is 2.41. The van der Waals surface area contributed by atoms with Crippen LogP contribution in [0.1, 0.15) is 11.3 Å². The van der Waals surface area contributed by atoms with Crippen molar-refractivity contribution in [1.29, 1.82) is 0 Å². The van der Waals surface area contributed by atoms with Crippen LogP contribution >= 0.6 is 0 Å². The average Bonchev–Trinajstić information content (AvgIpc) is 3.26. The fourth-order valence-corrected chi connectivity index (χ4v) is 3.13. The molecule has 4 rings (SSSR count). The van der Waals surface area contributed by atoms with Gasteiger partial charge in [0.15, 0.2) is 5.69 Å². The minimum atomic E-state index is -4.64. The molecule has 0 aliphatic carbocycles. The average molecular weight is 426 g/mol. The third-order valence-electron chi connectivity index (χ3n) is 4.62. The molecular formula is C20H12F6N2O2. The zero-order valence-corrected chi connectivity index (χ0v) is 15.1. The van der Waals surface area contributed by atoms with Crippen molar-refractivity contribution in [3.05, 3.63) is 59.8 Å². The summed E-state index contributed by atoms with van der Waals surface area (Å²) in [5.74, 6) is -0.127. The predicted octanol–water partition coefficient (Wildman–Crippen LogP) is 6.24. The second kappa shape index (κ2) is 6.54. The molecule has 0 amide bonds. The van der Waals surface area contributed by atoms with Crippen molar-refractivity contribution in [2.45, 2.75) is 12.4 Å². The molecule has 2 aromatic carbocycles. The second-order valence-electron chi connectivity index (χ2n) is 6.60. The summed E-state index contributed by atoms with van der Waals surface area (Å²) in [5, 5.41) is 14.3. The van der Waals surface area contributed by atoms with E-state index in [9.17, 15) is 31.4 Å². The Balaban J connectivity index is 1.77. The van der Waals surface area contributed by atoms with Crippen LogP contribution < -0.4 is 0 Å². The molecule has 4 nitrogen and oxygen atoms in total. The number of aryl methyl sites for hydroxylation is 1. The van der Waals surface area contributed by atoms with Gasteiger partial charge in [0.1, 0.15) is 17.1 Å². The van der Waals surface area contributed by atoms with Gasteiger partial charge in [-0.25, -0.2) is 0 Å². The Morgan fingerprint density at radius 1 is 0.900 bits per heavy atom. The van der Waals surface area contributed by atoms with Gasteiger partial charge in [0.05, 0.1) is 16.6 Å². The van der Waals surface area contributed by atoms with Crippen LogP contribution in [0.2, 0.25) is 0 Å². The zero-order chi connectivity index (χ0) is 21.8. The lowest BCUT2D eigenvalue weighted by Gasteiger charge is -2.06. The molecule has 0 atom stereocenters. The fraction of sp³-hybridized carbons (Fsp3) is 0.150. The van der Waals surface area contributed by atoms with Gasteiger partial charge in [-0.3, -0.25) is 4.68 Å². The molecule has 0 unspecified atom stereocenters. The number of rotatable bonds is 2. The highest BCUT2D eigenvalue weighted by molar-refractivity contribution is 5.94. The normalized spacial score (nSPS) is 12.6. The van der Waals surface area contributed by atoms with Crippen molar-refractivity contribution < 1.29 is 35.9 Å². The third-order valence-corrected chi connectivity index (χ3v) is 4.62. The van der Waals surface area contributed by atoms with Crippen molar-refractivity contribution in [3.8, 4) is 28.3 Å². The number of hydrogen-bond donors (Lipinski definition) is 1. The number of hydrogen-bond acceptors (Lipinski definition) is 3. The van der Waals surface area contributed by atoms with Gasteiger partial charge in [-0.15, -0.1) is 0 Å². The van der Waals surface area contributed by atoms with E-state index in [1.807, 2.05) is 0 Å². The molecule has 0 aliphatic heterocycles. The molecule has 0 bridgehead atoms. The van der Waals surface area contributed by atoms with E-state index in [2.05, 4.69) is 5.10 Å². The lowest BCUT2D eigenvalue weighted by molar-refractivity contribution is -0.141. The van der Waals surface area contributed by atoms with Crippen molar-refractivity contribution in [2.24, 2.45) is 7.05 Å². The summed E-state index contributed by atoms with van der Waals surface area (Å²) >= 11 is 0. The number of benzene rings is 2. The lowest BCUT2D eigenvalue weighted by Crippen LogP contribution is -2.06. The van der Waals surface area contributed by atoms with Gasteiger partial charge >= 0.3 is 12.4 Å². The Morgan fingerprint density at radius 3 is 2.13 bits per heavy atom. The first-order chi connectivity index (χ1) is 13.9. The first-order valence-electron chi connectivity index (χ1n) is 8.50. The summed E-state index contributed by atoms with van der Waals surface area (Å²) in [6.07, 6.45) is -9.11. The van der Waals surface area contributed by atoms with Crippen molar-refractivity contribution >= 4 is 11.0 Å². The summed E-state index contributed by atoms with van der Waals surface area (Å²) in [6.45, 7) is 0. The predicted molar refractivity (Wildman–Crippen MR) is 95.5 cm³/mol. The van der Waals surface area contributed by atoms with Crippen LogP contribution in [-0.4, -0.2) is 14.9 Å². The molecule has 2 aromatic heterocycles. The zero-order valence-electron chi connectivity index (χ0n) is 15.1. The number of fused-ring (bicyclic) bond motifs is 1. The summed E-state index contributed by atoms with van der Waals surface area (Å²) < 4.78 is 83.5. The molecular weight excluding hydrogens is 414 g/mol. The summed E-state index contributed by atoms with van der Waals surface area (Å²) in [6, 6.07) is 9.34. The molecule has 4 aromatic rings. The largest absolute Gasteiger partial charge is 0.506 e. The molecule has 156 valence electrons. The van der Waals surface area contributed by atoms with E-state index in [-0.39, 0.29) is 33.7 Å². The lowest BCUT2D eigenvalue weighted by atomic mass is 10.1. The van der Waals surface area contributed by atoms with Crippen molar-refractivity contribution in [3.63, 3.8) is 0 Å². The van der Waals surface area contributed by atoms with E-state index >= 15 is 0 Å². The van der Waals surface area contributed by atoms with E-state index in [4.69, 9.17) is 4.42 Å². The van der Waals surface area contributed by atoms with Gasteiger partial charge in [-0.1, -0.05) is 12.1 Å². The fourth-order valence-electron chi connectivity index (χ4n) is 3.13. The van der Waals surface area contributed by atoms with Crippen molar-refractivity contribution in [2.75, 3.05) is 0 Å². The Morgan fingerprint density at radius 2 is 1.57 bits per heavy atom. The first kappa shape index (κ1) is 19.9. The van der Waals surface area contributed by atoms with Crippen LogP contribution in [0.25, 0.3) is 33.6 Å². The van der Waals surface area contributed by atoms with Crippen LogP contribution in [0, 0.1) is 0 Å². The standard InChI is InChI=1S/C20H12F6N2O2/c1-28-14(9-17(27-28)20(24,25)26)12-6-7-15-13(18(12)29)8-16(30-15)10-2-4-11(5-3-10)19(21,22)23/h2-9,29H,1H3. The number of aromatic nitrogens is 2. The summed E-state index contributed by atoms with van der Waals surface area (Å²) in [4.78, 5) is 0. The van der Waals surface area contributed by atoms with Crippen molar-refractivity contribution in [1.82, 2.24) is 9.78 Å². The first-order valence-corrected chi connectivity index (χ1v) is 8.50. The van der Waals surface area contributed by atoms with E-state index in [1.54, 1.807) is 0 Å². The van der Waals surface area contributed by atoms with E-state index in [0.29, 0.717) is 5.56 Å². The maximum absolute atomic E-state index is 12.9. The SMILES string of the molecule is Cn1nc(C(F)(F)F)cc1-c1ccc2oc(-c3ccc(C(F)(F)F)cc3)cc2c1O. The monoisotopic (exact) mass is 426 g/mol. The van der Waals surface area contributed by atoms with Crippen LogP contribution in [0.5, 0.6) is 5.75 Å². The Bertz CT molecular complexity index is 1230. The third kappa shape index (κ3) is 3.38. The summed E-state index contributed by atoms with van der Waals surface area (Å²) in [7, 11) is 1.32. The maximum atomic E-state index is 12.9. The smallest absolute Gasteiger partial charge is 0.435 e. The molecule has 0 saturated carbocycles. The highest BCUT2D eigenvalue weighted by atomic mass is 19.4. The van der Waals surface area contributed by atoms with Crippen LogP contribution in [-0.2, 0) is 19.4 Å². The number of alkyl halides is 6. The number of furan rings is 1. The maximum Gasteiger partial charge on any atom is 0.435 e. The van der Waals surface area contributed by atoms with Gasteiger partial charge in [0, 0.05) is 18.2 Å². The van der Waals surface area contributed by atoms with Gasteiger partial charge in [0.25, 0.3) is 0 Å². The molecule has 10 heteroatoms. The second-order valence-corrected chi connectivity index (χ2v) is 6.60. The quantitative estimate of drug-likeness (QED) is 0.386. The Kier molecular flexibility index (Phi) is 4.33. The molecule has 1 N–H and O–H groups in total.